The SMILES string of the molecule is COc1ccc(/C(O)=C2/C(=O)C(=O)N(c3ccc(N(C)C)cc3)C2c2cccnc2)cc1Cl. The fourth-order valence-corrected chi connectivity index (χ4v) is 4.09. The van der Waals surface area contributed by atoms with Crippen LogP contribution in [-0.2, 0) is 9.59 Å². The highest BCUT2D eigenvalue weighted by Crippen LogP contribution is 2.42. The molecule has 2 heterocycles. The Labute approximate surface area is 196 Å². The zero-order chi connectivity index (χ0) is 23.7. The number of benzene rings is 2. The predicted octanol–water partition coefficient (Wildman–Crippen LogP) is 4.44. The number of halogens is 1. The third-order valence-corrected chi connectivity index (χ3v) is 5.81. The molecule has 0 bridgehead atoms. The van der Waals surface area contributed by atoms with Crippen LogP contribution in [0.15, 0.2) is 72.6 Å². The van der Waals surface area contributed by atoms with Crippen molar-refractivity contribution in [1.82, 2.24) is 4.98 Å². The van der Waals surface area contributed by atoms with Gasteiger partial charge in [0.05, 0.1) is 23.7 Å². The zero-order valence-electron chi connectivity index (χ0n) is 18.3. The molecule has 3 aromatic rings. The van der Waals surface area contributed by atoms with Crippen molar-refractivity contribution < 1.29 is 19.4 Å². The minimum Gasteiger partial charge on any atom is -0.507 e. The monoisotopic (exact) mass is 463 g/mol. The lowest BCUT2D eigenvalue weighted by atomic mass is 9.96. The van der Waals surface area contributed by atoms with Crippen molar-refractivity contribution >= 4 is 40.4 Å². The Morgan fingerprint density at radius 2 is 1.85 bits per heavy atom. The lowest BCUT2D eigenvalue weighted by Crippen LogP contribution is -2.29. The molecule has 1 aliphatic heterocycles. The first kappa shape index (κ1) is 22.4. The number of ketones is 1. The van der Waals surface area contributed by atoms with Crippen LogP contribution < -0.4 is 14.5 Å². The molecule has 1 atom stereocenters. The summed E-state index contributed by atoms with van der Waals surface area (Å²) >= 11 is 6.23. The van der Waals surface area contributed by atoms with Gasteiger partial charge in [0, 0.05) is 43.4 Å². The molecular formula is C25H22ClN3O4. The maximum atomic E-state index is 13.2. The van der Waals surface area contributed by atoms with Crippen molar-refractivity contribution in [3.63, 3.8) is 0 Å². The summed E-state index contributed by atoms with van der Waals surface area (Å²) in [4.78, 5) is 33.8. The van der Waals surface area contributed by atoms with E-state index in [9.17, 15) is 14.7 Å². The number of nitrogens with zero attached hydrogens (tertiary/aromatic N) is 3. The number of carbonyl (C=O) groups is 2. The summed E-state index contributed by atoms with van der Waals surface area (Å²) in [5.41, 5.74) is 2.33. The van der Waals surface area contributed by atoms with Crippen LogP contribution in [0.2, 0.25) is 5.02 Å². The Balaban J connectivity index is 1.89. The molecule has 1 saturated heterocycles. The van der Waals surface area contributed by atoms with Crippen LogP contribution in [0, 0.1) is 0 Å². The smallest absolute Gasteiger partial charge is 0.300 e. The van der Waals surface area contributed by atoms with Gasteiger partial charge in [-0.1, -0.05) is 17.7 Å². The van der Waals surface area contributed by atoms with Crippen LogP contribution in [0.5, 0.6) is 5.75 Å². The summed E-state index contributed by atoms with van der Waals surface area (Å²) in [5.74, 6) is -1.41. The van der Waals surface area contributed by atoms with Gasteiger partial charge in [-0.15, -0.1) is 0 Å². The molecule has 7 nitrogen and oxygen atoms in total. The summed E-state index contributed by atoms with van der Waals surface area (Å²) in [6.45, 7) is 0. The summed E-state index contributed by atoms with van der Waals surface area (Å²) in [6, 6.07) is 14.6. The molecular weight excluding hydrogens is 442 g/mol. The van der Waals surface area contributed by atoms with Gasteiger partial charge in [0.25, 0.3) is 11.7 Å². The van der Waals surface area contributed by atoms with Crippen LogP contribution in [0.4, 0.5) is 11.4 Å². The van der Waals surface area contributed by atoms with Gasteiger partial charge < -0.3 is 14.7 Å². The third-order valence-electron chi connectivity index (χ3n) is 5.51. The Bertz CT molecular complexity index is 1240. The molecule has 1 aliphatic rings. The maximum Gasteiger partial charge on any atom is 0.300 e. The molecule has 1 N–H and O–H groups in total. The van der Waals surface area contributed by atoms with E-state index in [1.807, 2.05) is 31.1 Å². The summed E-state index contributed by atoms with van der Waals surface area (Å²) < 4.78 is 5.16. The third kappa shape index (κ3) is 4.03. The molecule has 0 aliphatic carbocycles. The number of methoxy groups -OCH3 is 1. The largest absolute Gasteiger partial charge is 0.507 e. The highest BCUT2D eigenvalue weighted by atomic mass is 35.5. The van der Waals surface area contributed by atoms with E-state index in [0.29, 0.717) is 22.6 Å². The minimum absolute atomic E-state index is 0.0362. The number of pyridine rings is 1. The average Bonchev–Trinajstić information content (AvgIpc) is 3.09. The van der Waals surface area contributed by atoms with Gasteiger partial charge in [0.2, 0.25) is 0 Å². The van der Waals surface area contributed by atoms with Gasteiger partial charge >= 0.3 is 0 Å². The van der Waals surface area contributed by atoms with Crippen LogP contribution in [-0.4, -0.2) is 43.0 Å². The van der Waals surface area contributed by atoms with Crippen LogP contribution in [0.25, 0.3) is 5.76 Å². The Hall–Kier alpha value is -3.84. The number of aliphatic hydroxyl groups is 1. The van der Waals surface area contributed by atoms with Gasteiger partial charge in [0.15, 0.2) is 0 Å². The molecule has 1 amide bonds. The molecule has 2 aromatic carbocycles. The summed E-state index contributed by atoms with van der Waals surface area (Å²) in [5, 5.41) is 11.4. The molecule has 4 rings (SSSR count). The van der Waals surface area contributed by atoms with Crippen molar-refractivity contribution in [2.75, 3.05) is 31.0 Å². The number of amides is 1. The van der Waals surface area contributed by atoms with Gasteiger partial charge in [0.1, 0.15) is 11.5 Å². The lowest BCUT2D eigenvalue weighted by Gasteiger charge is -2.25. The van der Waals surface area contributed by atoms with E-state index in [1.165, 1.54) is 18.1 Å². The number of ether oxygens (including phenoxy) is 1. The van der Waals surface area contributed by atoms with Gasteiger partial charge in [-0.2, -0.15) is 0 Å². The zero-order valence-corrected chi connectivity index (χ0v) is 19.1. The van der Waals surface area contributed by atoms with E-state index in [1.54, 1.807) is 48.8 Å². The second kappa shape index (κ2) is 8.96. The molecule has 8 heteroatoms. The van der Waals surface area contributed by atoms with Gasteiger partial charge in [-0.05, 0) is 54.1 Å². The number of rotatable bonds is 5. The Morgan fingerprint density at radius 1 is 1.12 bits per heavy atom. The second-order valence-electron chi connectivity index (χ2n) is 7.72. The number of Topliss-reactive ketones (excluding diaryl/α,β-unsaturated/α-hetero) is 1. The van der Waals surface area contributed by atoms with Crippen LogP contribution >= 0.6 is 11.6 Å². The lowest BCUT2D eigenvalue weighted by molar-refractivity contribution is -0.132. The summed E-state index contributed by atoms with van der Waals surface area (Å²) in [6.07, 6.45) is 3.18. The molecule has 0 saturated carbocycles. The molecule has 0 spiro atoms. The Morgan fingerprint density at radius 3 is 2.42 bits per heavy atom. The second-order valence-corrected chi connectivity index (χ2v) is 8.12. The predicted molar refractivity (Wildman–Crippen MR) is 128 cm³/mol. The fraction of sp³-hybridized carbons (Fsp3) is 0.160. The van der Waals surface area contributed by atoms with E-state index >= 15 is 0 Å². The fourth-order valence-electron chi connectivity index (χ4n) is 3.83. The normalized spacial score (nSPS) is 17.3. The van der Waals surface area contributed by atoms with E-state index in [-0.39, 0.29) is 16.4 Å². The number of anilines is 2. The minimum atomic E-state index is -0.857. The first-order chi connectivity index (χ1) is 15.8. The number of hydrogen-bond donors (Lipinski definition) is 1. The van der Waals surface area contributed by atoms with E-state index in [2.05, 4.69) is 4.98 Å². The van der Waals surface area contributed by atoms with Crippen molar-refractivity contribution in [3.8, 4) is 5.75 Å². The van der Waals surface area contributed by atoms with E-state index in [0.717, 1.165) is 5.69 Å². The van der Waals surface area contributed by atoms with E-state index in [4.69, 9.17) is 16.3 Å². The van der Waals surface area contributed by atoms with Gasteiger partial charge in [-0.25, -0.2) is 0 Å². The maximum absolute atomic E-state index is 13.2. The average molecular weight is 464 g/mol. The van der Waals surface area contributed by atoms with E-state index < -0.39 is 17.7 Å². The van der Waals surface area contributed by atoms with Crippen LogP contribution in [0.3, 0.4) is 0 Å². The standard InChI is InChI=1S/C25H22ClN3O4/c1-28(2)17-7-9-18(10-8-17)29-22(16-5-4-12-27-14-16)21(24(31)25(29)32)23(30)15-6-11-20(33-3)19(26)13-15/h4-14,22,30H,1-3H3/b23-21-. The molecule has 1 unspecified atom stereocenters. The van der Waals surface area contributed by atoms with Crippen molar-refractivity contribution in [2.24, 2.45) is 0 Å². The molecule has 168 valence electrons. The van der Waals surface area contributed by atoms with Crippen LogP contribution in [0.1, 0.15) is 17.2 Å². The van der Waals surface area contributed by atoms with Crippen molar-refractivity contribution in [3.05, 3.63) is 88.7 Å². The van der Waals surface area contributed by atoms with Gasteiger partial charge in [-0.3, -0.25) is 19.5 Å². The molecule has 0 radical (unpaired) electrons. The number of aromatic nitrogens is 1. The highest BCUT2D eigenvalue weighted by Gasteiger charge is 2.47. The topological polar surface area (TPSA) is 83.0 Å². The first-order valence-electron chi connectivity index (χ1n) is 10.2. The molecule has 1 fully saturated rings. The Kier molecular flexibility index (Phi) is 6.07. The van der Waals surface area contributed by atoms with Crippen molar-refractivity contribution in [2.45, 2.75) is 6.04 Å². The highest BCUT2D eigenvalue weighted by molar-refractivity contribution is 6.51. The number of hydrogen-bond acceptors (Lipinski definition) is 6. The summed E-state index contributed by atoms with van der Waals surface area (Å²) in [7, 11) is 5.31. The number of aliphatic hydroxyl groups excluding tert-OH is 1. The first-order valence-corrected chi connectivity index (χ1v) is 10.5. The van der Waals surface area contributed by atoms with Crippen molar-refractivity contribution in [1.29, 1.82) is 0 Å². The molecule has 33 heavy (non-hydrogen) atoms. The quantitative estimate of drug-likeness (QED) is 0.342. The number of carbonyl (C=O) groups excluding carboxylic acids is 2. The molecule has 1 aromatic heterocycles.